The number of aromatic nitrogens is 6. The highest BCUT2D eigenvalue weighted by atomic mass is 19.4. The molecule has 4 aliphatic carbocycles. The van der Waals surface area contributed by atoms with Gasteiger partial charge in [-0.25, -0.2) is 23.6 Å². The minimum atomic E-state index is -4.77. The number of rotatable bonds is 9. The Morgan fingerprint density at radius 2 is 1.44 bits per heavy atom. The molecule has 1 N–H and O–H groups in total. The topological polar surface area (TPSA) is 99.2 Å². The second-order valence-corrected chi connectivity index (χ2v) is 15.3. The molecule has 2 unspecified atom stereocenters. The van der Waals surface area contributed by atoms with Gasteiger partial charge in [0.15, 0.2) is 11.5 Å². The van der Waals surface area contributed by atoms with E-state index in [-0.39, 0.29) is 58.3 Å². The fourth-order valence-corrected chi connectivity index (χ4v) is 10.1. The van der Waals surface area contributed by atoms with E-state index >= 15 is 4.39 Å². The molecule has 0 amide bonds. The smallest absolute Gasteiger partial charge is 0.433 e. The van der Waals surface area contributed by atoms with Crippen molar-refractivity contribution < 1.29 is 27.1 Å². The predicted octanol–water partition coefficient (Wildman–Crippen LogP) is 8.77. The van der Waals surface area contributed by atoms with Crippen LogP contribution < -0.4 is 5.32 Å². The quantitative estimate of drug-likeness (QED) is 0.0891. The number of alkyl halides is 3. The van der Waals surface area contributed by atoms with E-state index in [1.165, 1.54) is 12.1 Å². The van der Waals surface area contributed by atoms with Gasteiger partial charge in [-0.05, 0) is 84.7 Å². The Balaban J connectivity index is 1.23. The molecule has 13 heteroatoms. The highest BCUT2D eigenvalue weighted by molar-refractivity contribution is 5.90. The number of halogens is 4. The van der Waals surface area contributed by atoms with Crippen LogP contribution in [0.3, 0.4) is 0 Å². The zero-order valence-corrected chi connectivity index (χ0v) is 30.8. The van der Waals surface area contributed by atoms with Crippen LogP contribution in [0.5, 0.6) is 0 Å². The Kier molecular flexibility index (Phi) is 8.21. The molecule has 0 aliphatic heterocycles. The molecule has 57 heavy (non-hydrogen) atoms. The number of esters is 1. The van der Waals surface area contributed by atoms with Gasteiger partial charge in [-0.15, -0.1) is 5.10 Å². The van der Waals surface area contributed by atoms with E-state index in [0.29, 0.717) is 11.8 Å². The van der Waals surface area contributed by atoms with Crippen molar-refractivity contribution in [1.29, 1.82) is 0 Å². The Morgan fingerprint density at radius 3 is 2.05 bits per heavy atom. The molecule has 11 rings (SSSR count). The lowest BCUT2D eigenvalue weighted by molar-refractivity contribution is -0.155. The standard InChI is InChI=1S/C44H37F4N7O2/c1-2-57-42(56)36-29-18-19-30(32-23-31(29)32)37(36)50-39-34-20-21-35(44(46,47)48)54(34)53-40(51-39)38-33-22-28(45)24-49-41(33)55(52-38)43(25-12-6-3-7-13-25,26-14-8-4-9-15-26)27-16-10-5-11-17-27/h3-17,20-22,24,29-32,36-37H,2,18-19,23H2,1H3,(H,50,51,53)/t29-,30+,31?,32?,36-,37-/m0/s1. The third-order valence-corrected chi connectivity index (χ3v) is 12.4. The third kappa shape index (κ3) is 5.53. The van der Waals surface area contributed by atoms with E-state index in [1.54, 1.807) is 11.6 Å². The van der Waals surface area contributed by atoms with Crippen molar-refractivity contribution in [2.45, 2.75) is 43.9 Å². The third-order valence-electron chi connectivity index (χ3n) is 12.4. The van der Waals surface area contributed by atoms with Crippen molar-refractivity contribution in [2.24, 2.45) is 29.6 Å². The van der Waals surface area contributed by atoms with Crippen LogP contribution >= 0.6 is 0 Å². The van der Waals surface area contributed by atoms with E-state index in [1.807, 2.05) is 91.0 Å². The number of nitrogens with one attached hydrogen (secondary N) is 1. The van der Waals surface area contributed by atoms with Gasteiger partial charge in [0.05, 0.1) is 24.1 Å². The molecule has 288 valence electrons. The summed E-state index contributed by atoms with van der Waals surface area (Å²) in [6.45, 7) is 1.99. The van der Waals surface area contributed by atoms with E-state index in [9.17, 15) is 18.0 Å². The maximum absolute atomic E-state index is 15.4. The Hall–Kier alpha value is -6.11. The summed E-state index contributed by atoms with van der Waals surface area (Å²) >= 11 is 0. The molecule has 2 bridgehead atoms. The molecule has 4 aliphatic rings. The number of benzene rings is 3. The van der Waals surface area contributed by atoms with Gasteiger partial charge in [0, 0.05) is 6.04 Å². The lowest BCUT2D eigenvalue weighted by Gasteiger charge is -2.47. The van der Waals surface area contributed by atoms with Gasteiger partial charge in [0.1, 0.15) is 28.3 Å². The van der Waals surface area contributed by atoms with Gasteiger partial charge in [-0.2, -0.15) is 18.3 Å². The number of ether oxygens (including phenoxy) is 1. The van der Waals surface area contributed by atoms with Gasteiger partial charge >= 0.3 is 12.1 Å². The largest absolute Gasteiger partial charge is 0.466 e. The van der Waals surface area contributed by atoms with Gasteiger partial charge in [0.2, 0.25) is 5.82 Å². The second kappa shape index (κ2) is 13.2. The van der Waals surface area contributed by atoms with Crippen LogP contribution in [-0.2, 0) is 21.2 Å². The number of carbonyl (C=O) groups excluding carboxylic acids is 1. The molecule has 4 fully saturated rings. The highest BCUT2D eigenvalue weighted by Gasteiger charge is 2.63. The molecule has 4 heterocycles. The number of nitrogens with zero attached hydrogens (tertiary/aromatic N) is 6. The first-order chi connectivity index (χ1) is 27.7. The Bertz CT molecular complexity index is 2530. The Labute approximate surface area is 324 Å². The molecule has 0 spiro atoms. The van der Waals surface area contributed by atoms with Gasteiger partial charge < -0.3 is 10.1 Å². The van der Waals surface area contributed by atoms with Crippen LogP contribution in [0.15, 0.2) is 115 Å². The molecule has 9 nitrogen and oxygen atoms in total. The van der Waals surface area contributed by atoms with E-state index in [0.717, 1.165) is 52.7 Å². The van der Waals surface area contributed by atoms with E-state index in [4.69, 9.17) is 14.8 Å². The van der Waals surface area contributed by atoms with Gasteiger partial charge in [-0.3, -0.25) is 4.79 Å². The van der Waals surface area contributed by atoms with Crippen molar-refractivity contribution in [2.75, 3.05) is 11.9 Å². The average Bonchev–Trinajstić information content (AvgIpc) is 3.80. The average molecular weight is 772 g/mol. The van der Waals surface area contributed by atoms with Gasteiger partial charge in [-0.1, -0.05) is 91.0 Å². The number of hydrogen-bond acceptors (Lipinski definition) is 7. The van der Waals surface area contributed by atoms with Crippen molar-refractivity contribution in [3.05, 3.63) is 144 Å². The number of fused-ring (bicyclic) bond motifs is 4. The molecule has 4 aromatic heterocycles. The van der Waals surface area contributed by atoms with Crippen LogP contribution in [-0.4, -0.2) is 48.0 Å². The first kappa shape index (κ1) is 35.3. The molecular weight excluding hydrogens is 735 g/mol. The summed E-state index contributed by atoms with van der Waals surface area (Å²) < 4.78 is 67.6. The summed E-state index contributed by atoms with van der Waals surface area (Å²) in [5, 5.41) is 13.4. The summed E-state index contributed by atoms with van der Waals surface area (Å²) in [6.07, 6.45) is -0.866. The van der Waals surface area contributed by atoms with E-state index in [2.05, 4.69) is 15.4 Å². The van der Waals surface area contributed by atoms with Crippen LogP contribution in [0.4, 0.5) is 23.4 Å². The summed E-state index contributed by atoms with van der Waals surface area (Å²) in [7, 11) is 0. The van der Waals surface area contributed by atoms with Crippen LogP contribution in [0.1, 0.15) is 48.6 Å². The molecule has 7 aromatic rings. The van der Waals surface area contributed by atoms with Crippen LogP contribution in [0, 0.1) is 35.4 Å². The fraction of sp³-hybridized carbons (Fsp3) is 0.295. The molecule has 0 radical (unpaired) electrons. The molecule has 0 saturated heterocycles. The van der Waals surface area contributed by atoms with Crippen LogP contribution in [0.25, 0.3) is 28.1 Å². The number of carbonyl (C=O) groups is 1. The van der Waals surface area contributed by atoms with E-state index < -0.39 is 35.2 Å². The monoisotopic (exact) mass is 771 g/mol. The molecule has 6 atom stereocenters. The summed E-state index contributed by atoms with van der Waals surface area (Å²) in [5.74, 6) is -0.415. The highest BCUT2D eigenvalue weighted by Crippen LogP contribution is 2.64. The van der Waals surface area contributed by atoms with Gasteiger partial charge in [0.25, 0.3) is 0 Å². The summed E-state index contributed by atoms with van der Waals surface area (Å²) in [5.41, 5.74) is 0.593. The molecular formula is C44H37F4N7O2. The van der Waals surface area contributed by atoms with Crippen LogP contribution in [0.2, 0.25) is 0 Å². The Morgan fingerprint density at radius 1 is 0.825 bits per heavy atom. The first-order valence-corrected chi connectivity index (χ1v) is 19.3. The van der Waals surface area contributed by atoms with Crippen molar-refractivity contribution in [1.82, 2.24) is 29.4 Å². The predicted molar refractivity (Wildman–Crippen MR) is 204 cm³/mol. The number of hydrogen-bond donors (Lipinski definition) is 1. The fourth-order valence-electron chi connectivity index (χ4n) is 10.1. The zero-order chi connectivity index (χ0) is 39.1. The van der Waals surface area contributed by atoms with Crippen molar-refractivity contribution in [3.8, 4) is 11.5 Å². The summed E-state index contributed by atoms with van der Waals surface area (Å²) in [4.78, 5) is 23.1. The SMILES string of the molecule is CCOC(=O)[C@@H]1[C@@H](Nc2nc(-c3nn(C(c4ccccc4)(c4ccccc4)c4ccccc4)c4ncc(F)cc34)nn3c(C(F)(F)F)ccc23)[C@@H]2CC[C@H]1C1CC12. The number of anilines is 1. The normalized spacial score (nSPS) is 22.8. The first-order valence-electron chi connectivity index (χ1n) is 19.3. The zero-order valence-electron chi connectivity index (χ0n) is 30.8. The minimum absolute atomic E-state index is 0.0327. The molecule has 4 saturated carbocycles. The summed E-state index contributed by atoms with van der Waals surface area (Å²) in [6, 6.07) is 32.2. The van der Waals surface area contributed by atoms with Crippen molar-refractivity contribution in [3.63, 3.8) is 0 Å². The minimum Gasteiger partial charge on any atom is -0.466 e. The van der Waals surface area contributed by atoms with Crippen molar-refractivity contribution >= 4 is 28.3 Å². The maximum Gasteiger partial charge on any atom is 0.433 e. The lowest BCUT2D eigenvalue weighted by Crippen LogP contribution is -2.53. The number of pyridine rings is 1. The lowest BCUT2D eigenvalue weighted by atomic mass is 9.61. The molecule has 3 aromatic carbocycles. The second-order valence-electron chi connectivity index (χ2n) is 15.3. The maximum atomic E-state index is 15.4.